The number of carbonyl (C=O) groups is 1. The lowest BCUT2D eigenvalue weighted by Crippen LogP contribution is -2.24. The Morgan fingerprint density at radius 3 is 2.59 bits per heavy atom. The minimum Gasteiger partial charge on any atom is -0.459 e. The zero-order chi connectivity index (χ0) is 12.9. The maximum Gasteiger partial charge on any atom is 0.316 e. The highest BCUT2D eigenvalue weighted by Gasteiger charge is 2.15. The van der Waals surface area contributed by atoms with Gasteiger partial charge in [-0.3, -0.25) is 4.79 Å². The van der Waals surface area contributed by atoms with E-state index in [1.54, 1.807) is 0 Å². The molecule has 0 amide bonds. The van der Waals surface area contributed by atoms with E-state index in [1.165, 1.54) is 11.8 Å². The van der Waals surface area contributed by atoms with Gasteiger partial charge in [0.15, 0.2) is 0 Å². The lowest BCUT2D eigenvalue weighted by Gasteiger charge is -2.19. The Labute approximate surface area is 112 Å². The molecular weight excluding hydrogens is 256 g/mol. The molecule has 1 aromatic carbocycles. The zero-order valence-corrected chi connectivity index (χ0v) is 11.9. The standard InChI is InChI=1S/C13H17ClO2S/c1-13(2,3)16-12(15)9-17-8-10-6-4-5-7-11(10)14/h4-7H,8-9H2,1-3H3. The van der Waals surface area contributed by atoms with Crippen LogP contribution in [0.25, 0.3) is 0 Å². The molecule has 1 aromatic rings. The Bertz CT molecular complexity index is 385. The minimum absolute atomic E-state index is 0.186. The number of esters is 1. The van der Waals surface area contributed by atoms with Crippen LogP contribution in [0.2, 0.25) is 5.02 Å². The molecule has 17 heavy (non-hydrogen) atoms. The number of ether oxygens (including phenoxy) is 1. The predicted octanol–water partition coefficient (Wildman–Crippen LogP) is 3.91. The Morgan fingerprint density at radius 1 is 1.35 bits per heavy atom. The van der Waals surface area contributed by atoms with Crippen molar-refractivity contribution < 1.29 is 9.53 Å². The topological polar surface area (TPSA) is 26.3 Å². The van der Waals surface area contributed by atoms with Crippen LogP contribution in [0.1, 0.15) is 26.3 Å². The third-order valence-electron chi connectivity index (χ3n) is 1.86. The van der Waals surface area contributed by atoms with Gasteiger partial charge in [0.05, 0.1) is 5.75 Å². The van der Waals surface area contributed by atoms with Crippen molar-refractivity contribution in [3.05, 3.63) is 34.9 Å². The van der Waals surface area contributed by atoms with Crippen molar-refractivity contribution in [2.24, 2.45) is 0 Å². The van der Waals surface area contributed by atoms with Crippen molar-refractivity contribution in [2.45, 2.75) is 32.1 Å². The van der Waals surface area contributed by atoms with E-state index in [2.05, 4.69) is 0 Å². The highest BCUT2D eigenvalue weighted by Crippen LogP contribution is 2.21. The molecule has 0 heterocycles. The quantitative estimate of drug-likeness (QED) is 0.777. The number of thioether (sulfide) groups is 1. The molecule has 0 aliphatic heterocycles. The summed E-state index contributed by atoms with van der Waals surface area (Å²) >= 11 is 7.53. The molecule has 0 saturated carbocycles. The van der Waals surface area contributed by atoms with E-state index >= 15 is 0 Å². The van der Waals surface area contributed by atoms with E-state index in [9.17, 15) is 4.79 Å². The second-order valence-corrected chi connectivity index (χ2v) is 6.06. The average Bonchev–Trinajstić information content (AvgIpc) is 2.18. The Kier molecular flexibility index (Phi) is 5.34. The fourth-order valence-corrected chi connectivity index (χ4v) is 2.31. The van der Waals surface area contributed by atoms with E-state index < -0.39 is 5.60 Å². The molecule has 0 atom stereocenters. The number of carbonyl (C=O) groups excluding carboxylic acids is 1. The predicted molar refractivity (Wildman–Crippen MR) is 73.5 cm³/mol. The van der Waals surface area contributed by atoms with Crippen LogP contribution >= 0.6 is 23.4 Å². The molecule has 0 saturated heterocycles. The van der Waals surface area contributed by atoms with Gasteiger partial charge in [-0.15, -0.1) is 11.8 Å². The van der Waals surface area contributed by atoms with Crippen LogP contribution in [-0.4, -0.2) is 17.3 Å². The zero-order valence-electron chi connectivity index (χ0n) is 10.3. The Hall–Kier alpha value is -0.670. The number of halogens is 1. The number of rotatable bonds is 4. The summed E-state index contributed by atoms with van der Waals surface area (Å²) in [5.41, 5.74) is 0.630. The average molecular weight is 273 g/mol. The summed E-state index contributed by atoms with van der Waals surface area (Å²) in [5, 5.41) is 0.740. The summed E-state index contributed by atoms with van der Waals surface area (Å²) in [6.45, 7) is 5.59. The Morgan fingerprint density at radius 2 is 2.00 bits per heavy atom. The monoisotopic (exact) mass is 272 g/mol. The van der Waals surface area contributed by atoms with Crippen LogP contribution in [0.3, 0.4) is 0 Å². The van der Waals surface area contributed by atoms with Crippen molar-refractivity contribution >= 4 is 29.3 Å². The largest absolute Gasteiger partial charge is 0.459 e. The minimum atomic E-state index is -0.415. The number of hydrogen-bond acceptors (Lipinski definition) is 3. The smallest absolute Gasteiger partial charge is 0.316 e. The number of benzene rings is 1. The molecule has 0 aliphatic rings. The first-order valence-corrected chi connectivity index (χ1v) is 6.95. The van der Waals surface area contributed by atoms with Gasteiger partial charge >= 0.3 is 5.97 Å². The van der Waals surface area contributed by atoms with Crippen molar-refractivity contribution in [1.82, 2.24) is 0 Å². The molecule has 4 heteroatoms. The Balaban J connectivity index is 2.34. The van der Waals surface area contributed by atoms with Gasteiger partial charge in [0, 0.05) is 10.8 Å². The van der Waals surface area contributed by atoms with E-state index in [4.69, 9.17) is 16.3 Å². The summed E-state index contributed by atoms with van der Waals surface area (Å²) in [5.74, 6) is 0.885. The highest BCUT2D eigenvalue weighted by atomic mass is 35.5. The van der Waals surface area contributed by atoms with Gasteiger partial charge in [-0.2, -0.15) is 0 Å². The molecule has 0 fully saturated rings. The lowest BCUT2D eigenvalue weighted by molar-refractivity contribution is -0.151. The van der Waals surface area contributed by atoms with Crippen LogP contribution in [-0.2, 0) is 15.3 Å². The first kappa shape index (κ1) is 14.4. The molecule has 1 rings (SSSR count). The first-order chi connectivity index (χ1) is 7.88. The van der Waals surface area contributed by atoms with Crippen molar-refractivity contribution in [3.8, 4) is 0 Å². The SMILES string of the molecule is CC(C)(C)OC(=O)CSCc1ccccc1Cl. The summed E-state index contributed by atoms with van der Waals surface area (Å²) in [4.78, 5) is 11.5. The molecule has 0 bridgehead atoms. The van der Waals surface area contributed by atoms with E-state index in [-0.39, 0.29) is 5.97 Å². The summed E-state index contributed by atoms with van der Waals surface area (Å²) < 4.78 is 5.21. The van der Waals surface area contributed by atoms with Gasteiger partial charge in [0.25, 0.3) is 0 Å². The maximum atomic E-state index is 11.5. The fraction of sp³-hybridized carbons (Fsp3) is 0.462. The van der Waals surface area contributed by atoms with Gasteiger partial charge in [-0.1, -0.05) is 29.8 Å². The molecule has 94 valence electrons. The van der Waals surface area contributed by atoms with Gasteiger partial charge < -0.3 is 4.74 Å². The van der Waals surface area contributed by atoms with Crippen LogP contribution in [0.5, 0.6) is 0 Å². The maximum absolute atomic E-state index is 11.5. The summed E-state index contributed by atoms with van der Waals surface area (Å²) in [6, 6.07) is 7.65. The van der Waals surface area contributed by atoms with Crippen molar-refractivity contribution in [3.63, 3.8) is 0 Å². The number of hydrogen-bond donors (Lipinski definition) is 0. The van der Waals surface area contributed by atoms with Gasteiger partial charge in [0.1, 0.15) is 5.60 Å². The molecule has 0 aromatic heterocycles. The van der Waals surface area contributed by atoms with Crippen LogP contribution in [0.15, 0.2) is 24.3 Å². The normalized spacial score (nSPS) is 11.3. The molecule has 0 spiro atoms. The molecular formula is C13H17ClO2S. The van der Waals surface area contributed by atoms with E-state index in [0.29, 0.717) is 5.75 Å². The van der Waals surface area contributed by atoms with Crippen molar-refractivity contribution in [1.29, 1.82) is 0 Å². The van der Waals surface area contributed by atoms with Gasteiger partial charge in [-0.05, 0) is 32.4 Å². The first-order valence-electron chi connectivity index (χ1n) is 5.41. The molecule has 2 nitrogen and oxygen atoms in total. The van der Waals surface area contributed by atoms with E-state index in [1.807, 2.05) is 45.0 Å². The molecule has 0 aliphatic carbocycles. The molecule has 0 N–H and O–H groups in total. The van der Waals surface area contributed by atoms with E-state index in [0.717, 1.165) is 16.3 Å². The molecule has 0 radical (unpaired) electrons. The summed E-state index contributed by atoms with van der Waals surface area (Å²) in [7, 11) is 0. The summed E-state index contributed by atoms with van der Waals surface area (Å²) in [6.07, 6.45) is 0. The van der Waals surface area contributed by atoms with Crippen LogP contribution in [0.4, 0.5) is 0 Å². The molecule has 0 unspecified atom stereocenters. The van der Waals surface area contributed by atoms with Crippen LogP contribution in [0, 0.1) is 0 Å². The second kappa shape index (κ2) is 6.31. The van der Waals surface area contributed by atoms with Gasteiger partial charge in [-0.25, -0.2) is 0 Å². The highest BCUT2D eigenvalue weighted by molar-refractivity contribution is 7.99. The second-order valence-electron chi connectivity index (χ2n) is 4.67. The third kappa shape index (κ3) is 5.99. The fourth-order valence-electron chi connectivity index (χ4n) is 1.23. The van der Waals surface area contributed by atoms with Crippen LogP contribution < -0.4 is 0 Å². The van der Waals surface area contributed by atoms with Crippen molar-refractivity contribution in [2.75, 3.05) is 5.75 Å². The third-order valence-corrected chi connectivity index (χ3v) is 3.18. The lowest BCUT2D eigenvalue weighted by atomic mass is 10.2. The van der Waals surface area contributed by atoms with Gasteiger partial charge in [0.2, 0.25) is 0 Å².